The first kappa shape index (κ1) is 12.5. The van der Waals surface area contributed by atoms with Crippen LogP contribution in [0, 0.1) is 0 Å². The highest BCUT2D eigenvalue weighted by Crippen LogP contribution is 2.24. The van der Waals surface area contributed by atoms with Crippen molar-refractivity contribution in [1.82, 2.24) is 5.32 Å². The van der Waals surface area contributed by atoms with Crippen LogP contribution in [0.25, 0.3) is 0 Å². The van der Waals surface area contributed by atoms with E-state index < -0.39 is 5.97 Å². The van der Waals surface area contributed by atoms with Gasteiger partial charge in [0.2, 0.25) is 5.91 Å². The number of rotatable bonds is 3. The monoisotopic (exact) mass is 241 g/mol. The average molecular weight is 242 g/mol. The van der Waals surface area contributed by atoms with E-state index in [1.807, 2.05) is 0 Å². The highest BCUT2D eigenvalue weighted by molar-refractivity contribution is 6.31. The molecule has 0 bridgehead atoms. The smallest absolute Gasteiger partial charge is 0.335 e. The third-order valence-electron chi connectivity index (χ3n) is 2.13. The Balaban J connectivity index is 2.98. The predicted octanol–water partition coefficient (Wildman–Crippen LogP) is 2.24. The number of carbonyl (C=O) groups is 2. The molecule has 0 saturated heterocycles. The third kappa shape index (κ3) is 2.97. The maximum atomic E-state index is 10.9. The van der Waals surface area contributed by atoms with Gasteiger partial charge in [0.05, 0.1) is 11.6 Å². The highest BCUT2D eigenvalue weighted by Gasteiger charge is 2.12. The van der Waals surface area contributed by atoms with Crippen LogP contribution in [0.2, 0.25) is 5.02 Å². The van der Waals surface area contributed by atoms with E-state index in [4.69, 9.17) is 16.7 Å². The number of aromatic carboxylic acids is 1. The summed E-state index contributed by atoms with van der Waals surface area (Å²) < 4.78 is 0. The van der Waals surface area contributed by atoms with Gasteiger partial charge in [-0.1, -0.05) is 17.7 Å². The predicted molar refractivity (Wildman–Crippen MR) is 60.6 cm³/mol. The van der Waals surface area contributed by atoms with Gasteiger partial charge in [0.15, 0.2) is 0 Å². The molecule has 5 heteroatoms. The number of nitrogens with one attached hydrogen (secondary N) is 1. The molecular formula is C11H12ClNO3. The van der Waals surface area contributed by atoms with Gasteiger partial charge < -0.3 is 10.4 Å². The minimum atomic E-state index is -1.03. The van der Waals surface area contributed by atoms with E-state index in [1.54, 1.807) is 13.0 Å². The van der Waals surface area contributed by atoms with Gasteiger partial charge in [-0.3, -0.25) is 4.79 Å². The molecule has 0 aromatic heterocycles. The van der Waals surface area contributed by atoms with Gasteiger partial charge in [0.25, 0.3) is 0 Å². The summed E-state index contributed by atoms with van der Waals surface area (Å²) in [5.41, 5.74) is 0.825. The van der Waals surface area contributed by atoms with Crippen LogP contribution in [-0.2, 0) is 4.79 Å². The zero-order valence-electron chi connectivity index (χ0n) is 8.95. The van der Waals surface area contributed by atoms with Gasteiger partial charge in [0, 0.05) is 11.9 Å². The van der Waals surface area contributed by atoms with Crippen molar-refractivity contribution < 1.29 is 14.7 Å². The van der Waals surface area contributed by atoms with Crippen molar-refractivity contribution in [1.29, 1.82) is 0 Å². The topological polar surface area (TPSA) is 66.4 Å². The molecule has 16 heavy (non-hydrogen) atoms. The second-order valence-electron chi connectivity index (χ2n) is 3.46. The molecule has 1 aromatic rings. The lowest BCUT2D eigenvalue weighted by Crippen LogP contribution is -2.23. The second kappa shape index (κ2) is 4.99. The first-order valence-corrected chi connectivity index (χ1v) is 5.09. The molecule has 1 rings (SSSR count). The van der Waals surface area contributed by atoms with Gasteiger partial charge in [-0.25, -0.2) is 4.79 Å². The van der Waals surface area contributed by atoms with E-state index in [9.17, 15) is 9.59 Å². The first-order valence-electron chi connectivity index (χ1n) is 4.71. The van der Waals surface area contributed by atoms with Crippen LogP contribution in [0.4, 0.5) is 0 Å². The molecule has 0 heterocycles. The van der Waals surface area contributed by atoms with Crippen LogP contribution in [-0.4, -0.2) is 17.0 Å². The molecule has 0 spiro atoms. The van der Waals surface area contributed by atoms with Crippen LogP contribution in [0.1, 0.15) is 35.8 Å². The fourth-order valence-electron chi connectivity index (χ4n) is 1.39. The maximum absolute atomic E-state index is 10.9. The van der Waals surface area contributed by atoms with E-state index in [0.717, 1.165) is 0 Å². The van der Waals surface area contributed by atoms with E-state index in [1.165, 1.54) is 19.1 Å². The minimum absolute atomic E-state index is 0.128. The van der Waals surface area contributed by atoms with E-state index in [2.05, 4.69) is 5.32 Å². The molecular weight excluding hydrogens is 230 g/mol. The molecule has 86 valence electrons. The van der Waals surface area contributed by atoms with Crippen LogP contribution in [0.3, 0.4) is 0 Å². The number of hydrogen-bond acceptors (Lipinski definition) is 2. The summed E-state index contributed by atoms with van der Waals surface area (Å²) >= 11 is 5.94. The zero-order chi connectivity index (χ0) is 12.3. The van der Waals surface area contributed by atoms with Crippen molar-refractivity contribution in [2.75, 3.05) is 0 Å². The van der Waals surface area contributed by atoms with Gasteiger partial charge in [0.1, 0.15) is 0 Å². The first-order chi connectivity index (χ1) is 7.41. The molecule has 1 aromatic carbocycles. The summed E-state index contributed by atoms with van der Waals surface area (Å²) in [6, 6.07) is 4.19. The molecule has 1 amide bonds. The summed E-state index contributed by atoms with van der Waals surface area (Å²) in [5.74, 6) is -1.19. The Hall–Kier alpha value is -1.55. The summed E-state index contributed by atoms with van der Waals surface area (Å²) in [5, 5.41) is 11.8. The number of halogens is 1. The van der Waals surface area contributed by atoms with E-state index in [0.29, 0.717) is 10.6 Å². The van der Waals surface area contributed by atoms with Crippen molar-refractivity contribution >= 4 is 23.5 Å². The second-order valence-corrected chi connectivity index (χ2v) is 3.87. The zero-order valence-corrected chi connectivity index (χ0v) is 9.71. The maximum Gasteiger partial charge on any atom is 0.335 e. The fourth-order valence-corrected chi connectivity index (χ4v) is 1.74. The van der Waals surface area contributed by atoms with Crippen LogP contribution in [0.5, 0.6) is 0 Å². The number of amides is 1. The highest BCUT2D eigenvalue weighted by atomic mass is 35.5. The summed E-state index contributed by atoms with van der Waals surface area (Å²) in [4.78, 5) is 21.5. The minimum Gasteiger partial charge on any atom is -0.478 e. The Labute approximate surface area is 98.2 Å². The summed E-state index contributed by atoms with van der Waals surface area (Å²) in [6.45, 7) is 3.19. The SMILES string of the molecule is CC(=O)NC(C)c1ccc(C(=O)O)cc1Cl. The molecule has 1 unspecified atom stereocenters. The lowest BCUT2D eigenvalue weighted by Gasteiger charge is -2.14. The van der Waals surface area contributed by atoms with Crippen molar-refractivity contribution in [3.05, 3.63) is 34.3 Å². The van der Waals surface area contributed by atoms with Crippen molar-refractivity contribution in [2.45, 2.75) is 19.9 Å². The number of benzene rings is 1. The Morgan fingerprint density at radius 1 is 1.44 bits per heavy atom. The number of carboxylic acids is 1. The van der Waals surface area contributed by atoms with Crippen molar-refractivity contribution in [2.24, 2.45) is 0 Å². The molecule has 0 saturated carbocycles. The van der Waals surface area contributed by atoms with E-state index in [-0.39, 0.29) is 17.5 Å². The molecule has 2 N–H and O–H groups in total. The van der Waals surface area contributed by atoms with Crippen LogP contribution < -0.4 is 5.32 Å². The average Bonchev–Trinajstić information content (AvgIpc) is 2.15. The van der Waals surface area contributed by atoms with Gasteiger partial charge >= 0.3 is 5.97 Å². The summed E-state index contributed by atoms with van der Waals surface area (Å²) in [7, 11) is 0. The van der Waals surface area contributed by atoms with Gasteiger partial charge in [-0.2, -0.15) is 0 Å². The van der Waals surface area contributed by atoms with Crippen molar-refractivity contribution in [3.63, 3.8) is 0 Å². The molecule has 0 fully saturated rings. The Morgan fingerprint density at radius 2 is 2.06 bits per heavy atom. The quantitative estimate of drug-likeness (QED) is 0.853. The Kier molecular flexibility index (Phi) is 3.90. The molecule has 0 aliphatic rings. The Morgan fingerprint density at radius 3 is 2.50 bits per heavy atom. The molecule has 0 aliphatic carbocycles. The molecule has 1 atom stereocenters. The molecule has 0 aliphatic heterocycles. The number of carbonyl (C=O) groups excluding carboxylic acids is 1. The van der Waals surface area contributed by atoms with Gasteiger partial charge in [-0.05, 0) is 24.6 Å². The van der Waals surface area contributed by atoms with Gasteiger partial charge in [-0.15, -0.1) is 0 Å². The van der Waals surface area contributed by atoms with Crippen molar-refractivity contribution in [3.8, 4) is 0 Å². The molecule has 0 radical (unpaired) electrons. The number of hydrogen-bond donors (Lipinski definition) is 2. The van der Waals surface area contributed by atoms with E-state index >= 15 is 0 Å². The fraction of sp³-hybridized carbons (Fsp3) is 0.273. The summed E-state index contributed by atoms with van der Waals surface area (Å²) in [6.07, 6.45) is 0. The number of carboxylic acid groups (broad SMARTS) is 1. The van der Waals surface area contributed by atoms with Crippen LogP contribution >= 0.6 is 11.6 Å². The lowest BCUT2D eigenvalue weighted by molar-refractivity contribution is -0.119. The largest absolute Gasteiger partial charge is 0.478 e. The standard InChI is InChI=1S/C11H12ClNO3/c1-6(13-7(2)14)9-4-3-8(11(15)16)5-10(9)12/h3-6H,1-2H3,(H,13,14)(H,15,16). The molecule has 4 nitrogen and oxygen atoms in total. The lowest BCUT2D eigenvalue weighted by atomic mass is 10.1. The normalized spacial score (nSPS) is 11.9. The third-order valence-corrected chi connectivity index (χ3v) is 2.46. The Bertz CT molecular complexity index is 431. The van der Waals surface area contributed by atoms with Crippen LogP contribution in [0.15, 0.2) is 18.2 Å².